The zero-order valence-electron chi connectivity index (χ0n) is 22.4. The van der Waals surface area contributed by atoms with Crippen molar-refractivity contribution in [2.45, 2.75) is 19.9 Å². The Hall–Kier alpha value is -5.44. The van der Waals surface area contributed by atoms with Crippen LogP contribution in [0, 0.1) is 17.0 Å². The smallest absolute Gasteiger partial charge is 0.228 e. The van der Waals surface area contributed by atoms with Crippen LogP contribution in [0.4, 0.5) is 5.95 Å². The Morgan fingerprint density at radius 2 is 1.71 bits per heavy atom. The summed E-state index contributed by atoms with van der Waals surface area (Å²) in [6, 6.07) is 27.7. The number of benzene rings is 3. The number of nitrogens with zero attached hydrogens (tertiary/aromatic N) is 6. The maximum Gasteiger partial charge on any atom is 0.228 e. The first-order chi connectivity index (χ1) is 20.0. The van der Waals surface area contributed by atoms with Gasteiger partial charge in [-0.3, -0.25) is 19.7 Å². The van der Waals surface area contributed by atoms with Gasteiger partial charge in [0.2, 0.25) is 12.5 Å². The number of imidazole rings is 1. The molecule has 0 saturated carbocycles. The number of pyridine rings is 1. The average molecular weight is 542 g/mol. The van der Waals surface area contributed by atoms with Gasteiger partial charge in [0.25, 0.3) is 0 Å². The zero-order valence-corrected chi connectivity index (χ0v) is 22.4. The second-order valence-electron chi connectivity index (χ2n) is 9.79. The maximum atomic E-state index is 10.9. The second-order valence-corrected chi connectivity index (χ2v) is 9.79. The minimum Gasteiger partial charge on any atom is -0.354 e. The molecule has 0 unspecified atom stereocenters. The first-order valence-corrected chi connectivity index (χ1v) is 13.3. The summed E-state index contributed by atoms with van der Waals surface area (Å²) in [6.45, 7) is 2.45. The Kier molecular flexibility index (Phi) is 7.15. The predicted octanol–water partition coefficient (Wildman–Crippen LogP) is 6.28. The van der Waals surface area contributed by atoms with Gasteiger partial charge >= 0.3 is 0 Å². The molecule has 1 N–H and O–H groups in total. The normalized spacial score (nSPS) is 11.0. The lowest BCUT2D eigenvalue weighted by atomic mass is 10.1. The lowest BCUT2D eigenvalue weighted by molar-refractivity contribution is -0.496. The van der Waals surface area contributed by atoms with Crippen LogP contribution in [-0.4, -0.2) is 36.0 Å². The maximum absolute atomic E-state index is 10.9. The van der Waals surface area contributed by atoms with E-state index in [1.165, 1.54) is 0 Å². The highest BCUT2D eigenvalue weighted by Crippen LogP contribution is 2.28. The molecule has 6 rings (SSSR count). The fraction of sp³-hybridized carbons (Fsp3) is 0.125. The van der Waals surface area contributed by atoms with Crippen LogP contribution in [0.3, 0.4) is 0 Å². The molecular formula is C32H27N7O2. The molecule has 41 heavy (non-hydrogen) atoms. The monoisotopic (exact) mass is 541 g/mol. The molecule has 0 radical (unpaired) electrons. The Labute approximate surface area is 236 Å². The number of nitrogens with one attached hydrogen (secondary N) is 1. The molecule has 0 atom stereocenters. The Morgan fingerprint density at radius 3 is 2.54 bits per heavy atom. The van der Waals surface area contributed by atoms with Crippen molar-refractivity contribution >= 4 is 17.0 Å². The molecule has 0 aliphatic rings. The summed E-state index contributed by atoms with van der Waals surface area (Å²) in [5, 5.41) is 14.3. The zero-order chi connectivity index (χ0) is 28.2. The molecule has 3 aromatic heterocycles. The van der Waals surface area contributed by atoms with Crippen LogP contribution < -0.4 is 5.32 Å². The highest BCUT2D eigenvalue weighted by atomic mass is 16.6. The molecule has 9 heteroatoms. The molecule has 3 heterocycles. The molecule has 0 bridgehead atoms. The Bertz CT molecular complexity index is 1850. The SMILES string of the molecule is Cc1ccccc1-c1cc(-n2cnc3cc(-c4ccncc4)ccc32)nc(NCCc2cccc(C[N+](=O)[O-])c2)n1. The highest BCUT2D eigenvalue weighted by molar-refractivity contribution is 5.83. The number of aryl methyl sites for hydroxylation is 1. The van der Waals surface area contributed by atoms with Crippen molar-refractivity contribution in [3.05, 3.63) is 130 Å². The number of hydrogen-bond donors (Lipinski definition) is 1. The van der Waals surface area contributed by atoms with Crippen LogP contribution in [0.15, 0.2) is 104 Å². The Morgan fingerprint density at radius 1 is 0.878 bits per heavy atom. The van der Waals surface area contributed by atoms with Gasteiger partial charge in [0.05, 0.1) is 16.7 Å². The number of nitro groups is 1. The van der Waals surface area contributed by atoms with Crippen molar-refractivity contribution in [3.63, 3.8) is 0 Å². The van der Waals surface area contributed by atoms with Gasteiger partial charge in [-0.1, -0.05) is 48.5 Å². The minimum atomic E-state index is -0.316. The summed E-state index contributed by atoms with van der Waals surface area (Å²) in [6.07, 6.45) is 6.02. The summed E-state index contributed by atoms with van der Waals surface area (Å²) in [5.74, 6) is 1.20. The van der Waals surface area contributed by atoms with Crippen LogP contribution in [0.2, 0.25) is 0 Å². The van der Waals surface area contributed by atoms with E-state index >= 15 is 0 Å². The first-order valence-electron chi connectivity index (χ1n) is 13.3. The molecule has 0 saturated heterocycles. The Balaban J connectivity index is 1.32. The topological polar surface area (TPSA) is 112 Å². The molecule has 0 spiro atoms. The molecule has 9 nitrogen and oxygen atoms in total. The van der Waals surface area contributed by atoms with Gasteiger partial charge in [0.1, 0.15) is 12.1 Å². The number of aromatic nitrogens is 5. The third-order valence-electron chi connectivity index (χ3n) is 6.94. The van der Waals surface area contributed by atoms with Crippen molar-refractivity contribution in [3.8, 4) is 28.2 Å². The van der Waals surface area contributed by atoms with Crippen LogP contribution in [0.5, 0.6) is 0 Å². The number of hydrogen-bond acceptors (Lipinski definition) is 7. The summed E-state index contributed by atoms with van der Waals surface area (Å²) < 4.78 is 1.97. The van der Waals surface area contributed by atoms with Gasteiger partial charge in [-0.15, -0.1) is 0 Å². The molecule has 3 aromatic carbocycles. The van der Waals surface area contributed by atoms with E-state index in [-0.39, 0.29) is 11.5 Å². The summed E-state index contributed by atoms with van der Waals surface area (Å²) in [4.78, 5) is 29.1. The van der Waals surface area contributed by atoms with Crippen LogP contribution in [0.1, 0.15) is 16.7 Å². The second kappa shape index (κ2) is 11.4. The van der Waals surface area contributed by atoms with Gasteiger partial charge in [0, 0.05) is 41.1 Å². The molecular weight excluding hydrogens is 514 g/mol. The van der Waals surface area contributed by atoms with Gasteiger partial charge in [-0.05, 0) is 65.9 Å². The quantitative estimate of drug-likeness (QED) is 0.169. The molecule has 0 fully saturated rings. The van der Waals surface area contributed by atoms with Crippen molar-refractivity contribution in [2.24, 2.45) is 0 Å². The number of rotatable bonds is 9. The van der Waals surface area contributed by atoms with Gasteiger partial charge in [0.15, 0.2) is 0 Å². The minimum absolute atomic E-state index is 0.185. The highest BCUT2D eigenvalue weighted by Gasteiger charge is 2.13. The first kappa shape index (κ1) is 25.8. The summed E-state index contributed by atoms with van der Waals surface area (Å²) >= 11 is 0. The molecule has 0 aliphatic heterocycles. The van der Waals surface area contributed by atoms with Gasteiger partial charge in [-0.25, -0.2) is 9.97 Å². The fourth-order valence-corrected chi connectivity index (χ4v) is 4.91. The summed E-state index contributed by atoms with van der Waals surface area (Å²) in [7, 11) is 0. The lowest BCUT2D eigenvalue weighted by Crippen LogP contribution is -2.11. The van der Waals surface area contributed by atoms with Crippen molar-refractivity contribution < 1.29 is 4.92 Å². The fourth-order valence-electron chi connectivity index (χ4n) is 4.91. The third-order valence-corrected chi connectivity index (χ3v) is 6.94. The summed E-state index contributed by atoms with van der Waals surface area (Å²) in [5.41, 5.74) is 8.58. The van der Waals surface area contributed by atoms with Gasteiger partial charge < -0.3 is 5.32 Å². The van der Waals surface area contributed by atoms with E-state index in [4.69, 9.17) is 9.97 Å². The van der Waals surface area contributed by atoms with Crippen LogP contribution in [-0.2, 0) is 13.0 Å². The van der Waals surface area contributed by atoms with E-state index in [0.717, 1.165) is 44.5 Å². The molecule has 6 aromatic rings. The van der Waals surface area contributed by atoms with E-state index in [0.29, 0.717) is 30.3 Å². The number of fused-ring (bicyclic) bond motifs is 1. The van der Waals surface area contributed by atoms with Crippen molar-refractivity contribution in [1.82, 2.24) is 24.5 Å². The van der Waals surface area contributed by atoms with Crippen LogP contribution >= 0.6 is 0 Å². The van der Waals surface area contributed by atoms with E-state index in [1.807, 2.05) is 53.1 Å². The van der Waals surface area contributed by atoms with Crippen molar-refractivity contribution in [1.29, 1.82) is 0 Å². The largest absolute Gasteiger partial charge is 0.354 e. The van der Waals surface area contributed by atoms with Crippen molar-refractivity contribution in [2.75, 3.05) is 11.9 Å². The lowest BCUT2D eigenvalue weighted by Gasteiger charge is -2.13. The van der Waals surface area contributed by atoms with Gasteiger partial charge in [-0.2, -0.15) is 4.98 Å². The average Bonchev–Trinajstić information content (AvgIpc) is 3.41. The van der Waals surface area contributed by atoms with E-state index < -0.39 is 0 Å². The van der Waals surface area contributed by atoms with E-state index in [1.54, 1.807) is 24.8 Å². The third kappa shape index (κ3) is 5.79. The van der Waals surface area contributed by atoms with Crippen LogP contribution in [0.25, 0.3) is 39.2 Å². The van der Waals surface area contributed by atoms with E-state index in [2.05, 4.69) is 52.5 Å². The molecule has 0 aliphatic carbocycles. The molecule has 202 valence electrons. The van der Waals surface area contributed by atoms with E-state index in [9.17, 15) is 10.1 Å². The number of anilines is 1. The predicted molar refractivity (Wildman–Crippen MR) is 159 cm³/mol. The standard InChI is InChI=1S/C32H27N7O2/c1-22-5-2-3-8-27(22)28-19-31(37-32(36-28)34-16-11-23-6-4-7-24(17-23)20-39(40)41)38-21-35-29-18-26(9-10-30(29)38)25-12-14-33-15-13-25/h2-10,12-15,17-19,21H,11,16,20H2,1H3,(H,34,36,37). The molecule has 0 amide bonds.